The van der Waals surface area contributed by atoms with Crippen LogP contribution in [0.2, 0.25) is 0 Å². The van der Waals surface area contributed by atoms with E-state index in [1.807, 2.05) is 0 Å². The van der Waals surface area contributed by atoms with Crippen LogP contribution in [0.4, 0.5) is 0 Å². The van der Waals surface area contributed by atoms with Crippen molar-refractivity contribution in [2.45, 2.75) is 19.8 Å². The number of allylic oxidation sites excluding steroid dienone is 1. The van der Waals surface area contributed by atoms with Crippen LogP contribution < -0.4 is 0 Å². The van der Waals surface area contributed by atoms with Gasteiger partial charge in [-0.2, -0.15) is 0 Å². The van der Waals surface area contributed by atoms with Gasteiger partial charge in [0, 0.05) is 0 Å². The Morgan fingerprint density at radius 1 is 1.54 bits per heavy atom. The highest BCUT2D eigenvalue weighted by Gasteiger charge is 2.03. The first kappa shape index (κ1) is 11.7. The second-order valence-corrected chi connectivity index (χ2v) is 2.78. The standard InChI is InChI=1S/C9H14O4/c1-7(6-8(10)11)4-3-5-9(12)13-2/h3-4,7H,5-6H2,1-2H3,(H,10,11)/b4-3+. The molecule has 0 aliphatic rings. The Bertz CT molecular complexity index is 208. The van der Waals surface area contributed by atoms with Crippen molar-refractivity contribution in [2.24, 2.45) is 5.92 Å². The van der Waals surface area contributed by atoms with Crippen LogP contribution in [0, 0.1) is 5.92 Å². The molecule has 0 bridgehead atoms. The molecule has 1 unspecified atom stereocenters. The minimum atomic E-state index is -0.838. The molecule has 0 aromatic rings. The molecule has 13 heavy (non-hydrogen) atoms. The zero-order chi connectivity index (χ0) is 10.3. The zero-order valence-electron chi connectivity index (χ0n) is 7.82. The van der Waals surface area contributed by atoms with E-state index < -0.39 is 5.97 Å². The fraction of sp³-hybridized carbons (Fsp3) is 0.556. The summed E-state index contributed by atoms with van der Waals surface area (Å²) in [7, 11) is 1.32. The molecular weight excluding hydrogens is 172 g/mol. The van der Waals surface area contributed by atoms with Gasteiger partial charge in [0.05, 0.1) is 20.0 Å². The van der Waals surface area contributed by atoms with Crippen LogP contribution in [0.5, 0.6) is 0 Å². The second kappa shape index (κ2) is 6.22. The van der Waals surface area contributed by atoms with Gasteiger partial charge in [0.25, 0.3) is 0 Å². The highest BCUT2D eigenvalue weighted by molar-refractivity contribution is 5.71. The van der Waals surface area contributed by atoms with Gasteiger partial charge in [-0.3, -0.25) is 9.59 Å². The van der Waals surface area contributed by atoms with E-state index in [0.717, 1.165) is 0 Å². The molecule has 0 aliphatic heterocycles. The van der Waals surface area contributed by atoms with Crippen LogP contribution in [0.3, 0.4) is 0 Å². The van der Waals surface area contributed by atoms with Crippen molar-refractivity contribution in [3.8, 4) is 0 Å². The first-order valence-corrected chi connectivity index (χ1v) is 4.01. The van der Waals surface area contributed by atoms with Crippen LogP contribution in [0.25, 0.3) is 0 Å². The van der Waals surface area contributed by atoms with Crippen molar-refractivity contribution in [2.75, 3.05) is 7.11 Å². The Balaban J connectivity index is 3.71. The Morgan fingerprint density at radius 2 is 2.15 bits per heavy atom. The van der Waals surface area contributed by atoms with Gasteiger partial charge in [-0.05, 0) is 5.92 Å². The summed E-state index contributed by atoms with van der Waals surface area (Å²) < 4.78 is 4.41. The van der Waals surface area contributed by atoms with Crippen molar-refractivity contribution in [1.82, 2.24) is 0 Å². The first-order valence-electron chi connectivity index (χ1n) is 4.01. The molecule has 0 aromatic heterocycles. The minimum Gasteiger partial charge on any atom is -0.481 e. The molecule has 0 aliphatic carbocycles. The molecule has 4 heteroatoms. The Hall–Kier alpha value is -1.32. The molecule has 1 N–H and O–H groups in total. The third kappa shape index (κ3) is 7.05. The molecular formula is C9H14O4. The Labute approximate surface area is 77.2 Å². The fourth-order valence-electron chi connectivity index (χ4n) is 0.823. The number of aliphatic carboxylic acids is 1. The number of carboxylic acid groups (broad SMARTS) is 1. The highest BCUT2D eigenvalue weighted by Crippen LogP contribution is 2.04. The highest BCUT2D eigenvalue weighted by atomic mass is 16.5. The van der Waals surface area contributed by atoms with Crippen LogP contribution >= 0.6 is 0 Å². The number of methoxy groups -OCH3 is 1. The third-order valence-corrected chi connectivity index (χ3v) is 1.47. The lowest BCUT2D eigenvalue weighted by molar-refractivity contribution is -0.139. The molecule has 1 atom stereocenters. The number of esters is 1. The van der Waals surface area contributed by atoms with Crippen LogP contribution in [-0.4, -0.2) is 24.2 Å². The predicted molar refractivity (Wildman–Crippen MR) is 47.2 cm³/mol. The van der Waals surface area contributed by atoms with Crippen molar-refractivity contribution in [3.63, 3.8) is 0 Å². The summed E-state index contributed by atoms with van der Waals surface area (Å²) in [5.41, 5.74) is 0. The molecule has 0 saturated carbocycles. The van der Waals surface area contributed by atoms with E-state index in [1.165, 1.54) is 7.11 Å². The van der Waals surface area contributed by atoms with E-state index >= 15 is 0 Å². The summed E-state index contributed by atoms with van der Waals surface area (Å²) in [5.74, 6) is -1.21. The van der Waals surface area contributed by atoms with Crippen LogP contribution in [0.1, 0.15) is 19.8 Å². The number of carbonyl (C=O) groups is 2. The summed E-state index contributed by atoms with van der Waals surface area (Å²) in [4.78, 5) is 20.9. The molecule has 0 heterocycles. The Kier molecular flexibility index (Phi) is 5.59. The van der Waals surface area contributed by atoms with E-state index in [2.05, 4.69) is 4.74 Å². The molecule has 0 aromatic carbocycles. The summed E-state index contributed by atoms with van der Waals surface area (Å²) in [6.07, 6.45) is 3.60. The number of hydrogen-bond acceptors (Lipinski definition) is 3. The molecule has 0 radical (unpaired) electrons. The van der Waals surface area contributed by atoms with Gasteiger partial charge < -0.3 is 9.84 Å². The third-order valence-electron chi connectivity index (χ3n) is 1.47. The molecule has 0 amide bonds. The van der Waals surface area contributed by atoms with Crippen LogP contribution in [-0.2, 0) is 14.3 Å². The lowest BCUT2D eigenvalue weighted by atomic mass is 10.1. The van der Waals surface area contributed by atoms with Crippen molar-refractivity contribution in [1.29, 1.82) is 0 Å². The maximum atomic E-state index is 10.6. The van der Waals surface area contributed by atoms with Gasteiger partial charge in [-0.25, -0.2) is 0 Å². The first-order chi connectivity index (χ1) is 6.06. The summed E-state index contributed by atoms with van der Waals surface area (Å²) >= 11 is 0. The average Bonchev–Trinajstić information content (AvgIpc) is 2.02. The molecule has 0 saturated heterocycles. The Morgan fingerprint density at radius 3 is 2.62 bits per heavy atom. The van der Waals surface area contributed by atoms with Gasteiger partial charge in [0.15, 0.2) is 0 Å². The van der Waals surface area contributed by atoms with E-state index in [9.17, 15) is 9.59 Å². The second-order valence-electron chi connectivity index (χ2n) is 2.78. The summed E-state index contributed by atoms with van der Waals surface area (Å²) in [5, 5.41) is 8.41. The zero-order valence-corrected chi connectivity index (χ0v) is 7.82. The lowest BCUT2D eigenvalue weighted by Gasteiger charge is -2.00. The van der Waals surface area contributed by atoms with Gasteiger partial charge in [-0.1, -0.05) is 19.1 Å². The maximum Gasteiger partial charge on any atom is 0.309 e. The molecule has 0 fully saturated rings. The van der Waals surface area contributed by atoms with E-state index in [4.69, 9.17) is 5.11 Å². The van der Waals surface area contributed by atoms with E-state index in [0.29, 0.717) is 0 Å². The van der Waals surface area contributed by atoms with Gasteiger partial charge in [0.2, 0.25) is 0 Å². The van der Waals surface area contributed by atoms with Gasteiger partial charge >= 0.3 is 11.9 Å². The van der Waals surface area contributed by atoms with Crippen molar-refractivity contribution in [3.05, 3.63) is 12.2 Å². The minimum absolute atomic E-state index is 0.0536. The van der Waals surface area contributed by atoms with Gasteiger partial charge in [0.1, 0.15) is 0 Å². The number of hydrogen-bond donors (Lipinski definition) is 1. The van der Waals surface area contributed by atoms with Gasteiger partial charge in [-0.15, -0.1) is 0 Å². The summed E-state index contributed by atoms with van der Waals surface area (Å²) in [6.45, 7) is 1.78. The number of carbonyl (C=O) groups excluding carboxylic acids is 1. The van der Waals surface area contributed by atoms with E-state index in [1.54, 1.807) is 19.1 Å². The average molecular weight is 186 g/mol. The molecule has 74 valence electrons. The van der Waals surface area contributed by atoms with E-state index in [-0.39, 0.29) is 24.7 Å². The number of ether oxygens (including phenoxy) is 1. The lowest BCUT2D eigenvalue weighted by Crippen LogP contribution is -2.02. The predicted octanol–water partition coefficient (Wildman–Crippen LogP) is 1.22. The SMILES string of the molecule is COC(=O)C/C=C/C(C)CC(=O)O. The summed E-state index contributed by atoms with van der Waals surface area (Å²) in [6, 6.07) is 0. The normalized spacial score (nSPS) is 12.8. The number of rotatable bonds is 5. The molecule has 0 spiro atoms. The quantitative estimate of drug-likeness (QED) is 0.518. The fourth-order valence-corrected chi connectivity index (χ4v) is 0.823. The molecule has 4 nitrogen and oxygen atoms in total. The largest absolute Gasteiger partial charge is 0.481 e. The maximum absolute atomic E-state index is 10.6. The van der Waals surface area contributed by atoms with Crippen molar-refractivity contribution >= 4 is 11.9 Å². The smallest absolute Gasteiger partial charge is 0.309 e. The van der Waals surface area contributed by atoms with Crippen molar-refractivity contribution < 1.29 is 19.4 Å². The molecule has 0 rings (SSSR count). The monoisotopic (exact) mass is 186 g/mol. The topological polar surface area (TPSA) is 63.6 Å². The van der Waals surface area contributed by atoms with Crippen LogP contribution in [0.15, 0.2) is 12.2 Å². The number of carboxylic acids is 1.